The molecule has 0 aliphatic carbocycles. The van der Waals surface area contributed by atoms with Crippen molar-refractivity contribution in [1.29, 1.82) is 0 Å². The van der Waals surface area contributed by atoms with Gasteiger partial charge in [0, 0.05) is 25.7 Å². The lowest BCUT2D eigenvalue weighted by atomic mass is 10.2. The number of aromatic nitrogens is 3. The Bertz CT molecular complexity index is 734. The number of hydrogen-bond donors (Lipinski definition) is 2. The smallest absolute Gasteiger partial charge is 0.245 e. The number of hydrogen-bond acceptors (Lipinski definition) is 8. The number of carbonyl (C=O) groups excluding carboxylic acids is 1. The molecule has 134 valence electrons. The highest BCUT2D eigenvalue weighted by Crippen LogP contribution is 2.25. The fourth-order valence-electron chi connectivity index (χ4n) is 2.93. The predicted molar refractivity (Wildman–Crippen MR) is 92.6 cm³/mol. The van der Waals surface area contributed by atoms with Crippen molar-refractivity contribution in [3.05, 3.63) is 24.2 Å². The number of nitrogens with zero attached hydrogens (tertiary/aromatic N) is 5. The van der Waals surface area contributed by atoms with Crippen molar-refractivity contribution in [3.8, 4) is 0 Å². The van der Waals surface area contributed by atoms with E-state index in [9.17, 15) is 9.90 Å². The number of aliphatic hydroxyl groups excluding tert-OH is 1. The minimum absolute atomic E-state index is 0.0896. The van der Waals surface area contributed by atoms with E-state index in [1.165, 1.54) is 6.33 Å². The number of likely N-dealkylation sites (N-methyl/N-ethyl adjacent to an activating group) is 1. The van der Waals surface area contributed by atoms with E-state index < -0.39 is 0 Å². The van der Waals surface area contributed by atoms with Gasteiger partial charge in [0.1, 0.15) is 23.7 Å². The molecule has 0 unspecified atom stereocenters. The molecule has 9 heteroatoms. The fourth-order valence-corrected chi connectivity index (χ4v) is 2.93. The molecule has 1 aliphatic rings. The van der Waals surface area contributed by atoms with E-state index in [-0.39, 0.29) is 25.1 Å². The number of rotatable bonds is 6. The molecule has 1 aliphatic heterocycles. The summed E-state index contributed by atoms with van der Waals surface area (Å²) in [4.78, 5) is 24.5. The monoisotopic (exact) mass is 346 g/mol. The molecule has 3 heterocycles. The summed E-state index contributed by atoms with van der Waals surface area (Å²) in [7, 11) is 1.78. The van der Waals surface area contributed by atoms with E-state index >= 15 is 0 Å². The van der Waals surface area contributed by atoms with Gasteiger partial charge in [-0.3, -0.25) is 4.79 Å². The van der Waals surface area contributed by atoms with Crippen LogP contribution < -0.4 is 15.1 Å². The maximum Gasteiger partial charge on any atom is 0.245 e. The number of anilines is 3. The number of aliphatic hydroxyl groups is 1. The zero-order chi connectivity index (χ0) is 17.8. The van der Waals surface area contributed by atoms with Crippen LogP contribution in [-0.4, -0.2) is 58.9 Å². The van der Waals surface area contributed by atoms with E-state index in [0.29, 0.717) is 17.4 Å². The Kier molecular flexibility index (Phi) is 5.13. The summed E-state index contributed by atoms with van der Waals surface area (Å²) in [6.07, 6.45) is 3.46. The Labute approximate surface area is 145 Å². The van der Waals surface area contributed by atoms with E-state index in [2.05, 4.69) is 25.3 Å². The molecule has 3 rings (SSSR count). The standard InChI is InChI=1S/C16H22N6O3/c1-11-6-13(20-25-11)19-16(24)8-21(2)14-7-15(18-10-17-14)22-5-3-4-12(22)9-23/h6-7,10,12,23H,3-5,8-9H2,1-2H3,(H,19,20,24)/t12-/m1/s1. The molecule has 2 N–H and O–H groups in total. The van der Waals surface area contributed by atoms with Gasteiger partial charge in [-0.2, -0.15) is 0 Å². The Balaban J connectivity index is 1.64. The molecule has 1 amide bonds. The minimum Gasteiger partial charge on any atom is -0.394 e. The quantitative estimate of drug-likeness (QED) is 0.791. The first-order valence-electron chi connectivity index (χ1n) is 8.20. The number of aryl methyl sites for hydroxylation is 1. The second-order valence-electron chi connectivity index (χ2n) is 6.13. The van der Waals surface area contributed by atoms with Crippen LogP contribution in [0.25, 0.3) is 0 Å². The maximum atomic E-state index is 12.1. The van der Waals surface area contributed by atoms with Gasteiger partial charge in [-0.15, -0.1) is 0 Å². The van der Waals surface area contributed by atoms with Crippen LogP contribution in [0.2, 0.25) is 0 Å². The molecule has 1 atom stereocenters. The fraction of sp³-hybridized carbons (Fsp3) is 0.500. The summed E-state index contributed by atoms with van der Waals surface area (Å²) < 4.78 is 4.92. The molecule has 1 saturated heterocycles. The lowest BCUT2D eigenvalue weighted by Crippen LogP contribution is -2.34. The van der Waals surface area contributed by atoms with Gasteiger partial charge in [0.05, 0.1) is 19.2 Å². The molecule has 2 aromatic heterocycles. The molecule has 0 aromatic carbocycles. The Morgan fingerprint density at radius 1 is 1.48 bits per heavy atom. The molecule has 0 spiro atoms. The van der Waals surface area contributed by atoms with Crippen LogP contribution in [0.4, 0.5) is 17.5 Å². The molecule has 1 fully saturated rings. The van der Waals surface area contributed by atoms with Crippen LogP contribution in [0.3, 0.4) is 0 Å². The van der Waals surface area contributed by atoms with E-state index in [1.54, 1.807) is 24.9 Å². The Morgan fingerprint density at radius 2 is 2.32 bits per heavy atom. The third-order valence-electron chi connectivity index (χ3n) is 4.19. The molecular weight excluding hydrogens is 324 g/mol. The number of amides is 1. The molecule has 2 aromatic rings. The van der Waals surface area contributed by atoms with E-state index in [0.717, 1.165) is 25.2 Å². The van der Waals surface area contributed by atoms with Gasteiger partial charge in [-0.25, -0.2) is 9.97 Å². The van der Waals surface area contributed by atoms with Gasteiger partial charge in [-0.1, -0.05) is 5.16 Å². The first kappa shape index (κ1) is 17.2. The number of carbonyl (C=O) groups is 1. The van der Waals surface area contributed by atoms with Gasteiger partial charge < -0.3 is 24.7 Å². The largest absolute Gasteiger partial charge is 0.394 e. The van der Waals surface area contributed by atoms with Crippen LogP contribution in [0.5, 0.6) is 0 Å². The average Bonchev–Trinajstić information content (AvgIpc) is 3.23. The second kappa shape index (κ2) is 7.47. The molecule has 0 saturated carbocycles. The summed E-state index contributed by atoms with van der Waals surface area (Å²) in [6, 6.07) is 3.58. The predicted octanol–water partition coefficient (Wildman–Crippen LogP) is 0.809. The maximum absolute atomic E-state index is 12.1. The van der Waals surface area contributed by atoms with Crippen molar-refractivity contribution in [3.63, 3.8) is 0 Å². The Morgan fingerprint density at radius 3 is 3.04 bits per heavy atom. The minimum atomic E-state index is -0.217. The van der Waals surface area contributed by atoms with Crippen LogP contribution in [0.15, 0.2) is 23.0 Å². The lowest BCUT2D eigenvalue weighted by Gasteiger charge is -2.25. The molecule has 0 radical (unpaired) electrons. The third-order valence-corrected chi connectivity index (χ3v) is 4.19. The average molecular weight is 346 g/mol. The van der Waals surface area contributed by atoms with Crippen molar-refractivity contribution in [2.75, 3.05) is 41.9 Å². The van der Waals surface area contributed by atoms with Crippen molar-refractivity contribution in [2.24, 2.45) is 0 Å². The second-order valence-corrected chi connectivity index (χ2v) is 6.13. The van der Waals surface area contributed by atoms with Gasteiger partial charge in [0.15, 0.2) is 5.82 Å². The van der Waals surface area contributed by atoms with E-state index in [4.69, 9.17) is 4.52 Å². The van der Waals surface area contributed by atoms with Gasteiger partial charge in [-0.05, 0) is 19.8 Å². The molecular formula is C16H22N6O3. The lowest BCUT2D eigenvalue weighted by molar-refractivity contribution is -0.115. The first-order chi connectivity index (χ1) is 12.1. The van der Waals surface area contributed by atoms with Crippen molar-refractivity contribution >= 4 is 23.4 Å². The van der Waals surface area contributed by atoms with Crippen molar-refractivity contribution in [1.82, 2.24) is 15.1 Å². The SMILES string of the molecule is Cc1cc(NC(=O)CN(C)c2cc(N3CCC[C@@H]3CO)ncn2)no1. The highest BCUT2D eigenvalue weighted by atomic mass is 16.5. The highest BCUT2D eigenvalue weighted by Gasteiger charge is 2.25. The normalized spacial score (nSPS) is 16.9. The van der Waals surface area contributed by atoms with Gasteiger partial charge >= 0.3 is 0 Å². The van der Waals surface area contributed by atoms with Crippen LogP contribution in [0.1, 0.15) is 18.6 Å². The van der Waals surface area contributed by atoms with Crippen LogP contribution in [0, 0.1) is 6.92 Å². The topological polar surface area (TPSA) is 108 Å². The summed E-state index contributed by atoms with van der Waals surface area (Å²) in [5.74, 6) is 2.21. The van der Waals surface area contributed by atoms with E-state index in [1.807, 2.05) is 6.07 Å². The summed E-state index contributed by atoms with van der Waals surface area (Å²) in [5, 5.41) is 15.9. The zero-order valence-electron chi connectivity index (χ0n) is 14.3. The third kappa shape index (κ3) is 4.05. The van der Waals surface area contributed by atoms with Crippen LogP contribution >= 0.6 is 0 Å². The first-order valence-corrected chi connectivity index (χ1v) is 8.20. The summed E-state index contributed by atoms with van der Waals surface area (Å²) in [6.45, 7) is 2.84. The molecule has 0 bridgehead atoms. The summed E-state index contributed by atoms with van der Waals surface area (Å²) >= 11 is 0. The summed E-state index contributed by atoms with van der Waals surface area (Å²) in [5.41, 5.74) is 0. The van der Waals surface area contributed by atoms with Gasteiger partial charge in [0.25, 0.3) is 0 Å². The molecule has 9 nitrogen and oxygen atoms in total. The molecule has 25 heavy (non-hydrogen) atoms. The zero-order valence-corrected chi connectivity index (χ0v) is 14.3. The highest BCUT2D eigenvalue weighted by molar-refractivity contribution is 5.93. The van der Waals surface area contributed by atoms with Crippen LogP contribution in [-0.2, 0) is 4.79 Å². The van der Waals surface area contributed by atoms with Crippen molar-refractivity contribution < 1.29 is 14.4 Å². The van der Waals surface area contributed by atoms with Gasteiger partial charge in [0.2, 0.25) is 5.91 Å². The Hall–Kier alpha value is -2.68. The number of nitrogens with one attached hydrogen (secondary N) is 1. The van der Waals surface area contributed by atoms with Crippen molar-refractivity contribution in [2.45, 2.75) is 25.8 Å².